The Labute approximate surface area is 134 Å². The highest BCUT2D eigenvalue weighted by Crippen LogP contribution is 2.37. The van der Waals surface area contributed by atoms with E-state index in [1.165, 1.54) is 12.1 Å². The number of fused-ring (bicyclic) bond motifs is 1. The van der Waals surface area contributed by atoms with Crippen LogP contribution in [0.25, 0.3) is 0 Å². The first kappa shape index (κ1) is 15.3. The summed E-state index contributed by atoms with van der Waals surface area (Å²) in [5, 5.41) is 0. The lowest BCUT2D eigenvalue weighted by atomic mass is 10.0. The second-order valence-electron chi connectivity index (χ2n) is 5.79. The maximum atomic E-state index is 13.2. The highest BCUT2D eigenvalue weighted by molar-refractivity contribution is 6.13. The monoisotopic (exact) mass is 312 g/mol. The van der Waals surface area contributed by atoms with Crippen molar-refractivity contribution < 1.29 is 18.7 Å². The molecule has 2 aromatic carbocycles. The summed E-state index contributed by atoms with van der Waals surface area (Å²) < 4.78 is 24.6. The fourth-order valence-electron chi connectivity index (χ4n) is 2.57. The van der Waals surface area contributed by atoms with Crippen molar-refractivity contribution in [3.63, 3.8) is 0 Å². The van der Waals surface area contributed by atoms with Crippen molar-refractivity contribution in [3.05, 3.63) is 70.2 Å². The Morgan fingerprint density at radius 2 is 2.00 bits per heavy atom. The molecule has 4 heteroatoms. The summed E-state index contributed by atoms with van der Waals surface area (Å²) in [6.45, 7) is 5.79. The van der Waals surface area contributed by atoms with Crippen LogP contribution in [0.1, 0.15) is 35.3 Å². The van der Waals surface area contributed by atoms with Crippen LogP contribution in [0.15, 0.2) is 47.7 Å². The van der Waals surface area contributed by atoms with Crippen molar-refractivity contribution in [1.29, 1.82) is 0 Å². The number of Topliss-reactive ketones (excluding diaryl/α,β-unsaturated/α-hetero) is 1. The van der Waals surface area contributed by atoms with Crippen molar-refractivity contribution in [2.75, 3.05) is 0 Å². The molecule has 0 atom stereocenters. The van der Waals surface area contributed by atoms with Crippen LogP contribution >= 0.6 is 0 Å². The molecule has 0 bridgehead atoms. The van der Waals surface area contributed by atoms with Gasteiger partial charge in [0.2, 0.25) is 5.78 Å². The third-order valence-corrected chi connectivity index (χ3v) is 3.67. The van der Waals surface area contributed by atoms with E-state index >= 15 is 0 Å². The lowest BCUT2D eigenvalue weighted by Gasteiger charge is -2.09. The zero-order chi connectivity index (χ0) is 16.6. The Kier molecular flexibility index (Phi) is 3.90. The lowest BCUT2D eigenvalue weighted by Crippen LogP contribution is -2.01. The number of allylic oxidation sites excluding steroid dienone is 2. The second kappa shape index (κ2) is 5.88. The first-order valence-electron chi connectivity index (χ1n) is 7.37. The minimum absolute atomic E-state index is 0.0887. The van der Waals surface area contributed by atoms with Gasteiger partial charge in [0.1, 0.15) is 23.9 Å². The summed E-state index contributed by atoms with van der Waals surface area (Å²) >= 11 is 0. The number of ketones is 1. The molecule has 23 heavy (non-hydrogen) atoms. The van der Waals surface area contributed by atoms with E-state index in [0.29, 0.717) is 22.8 Å². The molecule has 2 aromatic rings. The average Bonchev–Trinajstić information content (AvgIpc) is 2.83. The van der Waals surface area contributed by atoms with E-state index in [4.69, 9.17) is 9.47 Å². The first-order valence-corrected chi connectivity index (χ1v) is 7.37. The average molecular weight is 312 g/mol. The molecule has 0 saturated heterocycles. The molecule has 0 saturated carbocycles. The number of hydrogen-bond donors (Lipinski definition) is 0. The van der Waals surface area contributed by atoms with E-state index in [1.54, 1.807) is 24.3 Å². The van der Waals surface area contributed by atoms with Gasteiger partial charge in [-0.15, -0.1) is 0 Å². The molecule has 0 fully saturated rings. The van der Waals surface area contributed by atoms with Gasteiger partial charge in [-0.2, -0.15) is 0 Å². The van der Waals surface area contributed by atoms with Crippen LogP contribution in [0.5, 0.6) is 11.5 Å². The number of hydrogen-bond acceptors (Lipinski definition) is 3. The van der Waals surface area contributed by atoms with Gasteiger partial charge in [0, 0.05) is 6.07 Å². The summed E-state index contributed by atoms with van der Waals surface area (Å²) in [6.07, 6.45) is 0. The second-order valence-corrected chi connectivity index (χ2v) is 5.79. The predicted molar refractivity (Wildman–Crippen MR) is 85.2 cm³/mol. The largest absolute Gasteiger partial charge is 0.489 e. The molecule has 3 rings (SSSR count). The molecular weight excluding hydrogens is 295 g/mol. The topological polar surface area (TPSA) is 35.5 Å². The third-order valence-electron chi connectivity index (χ3n) is 3.67. The number of benzene rings is 2. The maximum absolute atomic E-state index is 13.2. The Bertz CT molecular complexity index is 817. The molecule has 1 aliphatic heterocycles. The molecule has 0 N–H and O–H groups in total. The number of carbonyl (C=O) groups excluding carboxylic acids is 1. The normalized spacial score (nSPS) is 12.9. The van der Waals surface area contributed by atoms with Gasteiger partial charge in [-0.3, -0.25) is 4.79 Å². The van der Waals surface area contributed by atoms with Gasteiger partial charge in [-0.25, -0.2) is 4.39 Å². The first-order chi connectivity index (χ1) is 11.0. The number of halogens is 1. The third kappa shape index (κ3) is 2.97. The molecule has 118 valence electrons. The van der Waals surface area contributed by atoms with E-state index in [1.807, 2.05) is 20.8 Å². The predicted octanol–water partition coefficient (Wildman–Crippen LogP) is 4.58. The number of carbonyl (C=O) groups is 1. The Balaban J connectivity index is 1.85. The molecule has 0 amide bonds. The fourth-order valence-corrected chi connectivity index (χ4v) is 2.57. The summed E-state index contributed by atoms with van der Waals surface area (Å²) in [7, 11) is 0. The van der Waals surface area contributed by atoms with Crippen molar-refractivity contribution >= 4 is 5.78 Å². The van der Waals surface area contributed by atoms with Crippen LogP contribution in [0, 0.1) is 12.7 Å². The molecule has 0 aliphatic carbocycles. The standard InChI is InChI=1S/C19H17FO3/c1-11(2)19-18(21)17-12(3)7-15(9-16(17)23-19)22-10-13-5-4-6-14(20)8-13/h4-9H,10H2,1-3H3. The summed E-state index contributed by atoms with van der Waals surface area (Å²) in [5.41, 5.74) is 2.97. The molecule has 0 radical (unpaired) electrons. The van der Waals surface area contributed by atoms with Crippen LogP contribution in [0.4, 0.5) is 4.39 Å². The molecule has 0 aromatic heterocycles. The number of aryl methyl sites for hydroxylation is 1. The fraction of sp³-hybridized carbons (Fsp3) is 0.211. The Hall–Kier alpha value is -2.62. The summed E-state index contributed by atoms with van der Waals surface area (Å²) in [5.74, 6) is 1.10. The van der Waals surface area contributed by atoms with Gasteiger partial charge in [0.05, 0.1) is 5.56 Å². The Morgan fingerprint density at radius 3 is 2.70 bits per heavy atom. The molecule has 1 heterocycles. The van der Waals surface area contributed by atoms with E-state index in [2.05, 4.69) is 0 Å². The van der Waals surface area contributed by atoms with E-state index < -0.39 is 0 Å². The number of rotatable bonds is 3. The SMILES string of the molecule is CC(C)=C1Oc2cc(OCc3cccc(F)c3)cc(C)c2C1=O. The van der Waals surface area contributed by atoms with Crippen LogP contribution in [-0.4, -0.2) is 5.78 Å². The minimum Gasteiger partial charge on any atom is -0.489 e. The van der Waals surface area contributed by atoms with Crippen LogP contribution < -0.4 is 9.47 Å². The van der Waals surface area contributed by atoms with Gasteiger partial charge in [-0.1, -0.05) is 12.1 Å². The van der Waals surface area contributed by atoms with Gasteiger partial charge in [-0.05, 0) is 55.7 Å². The summed E-state index contributed by atoms with van der Waals surface area (Å²) in [6, 6.07) is 9.77. The van der Waals surface area contributed by atoms with Crippen molar-refractivity contribution in [2.24, 2.45) is 0 Å². The van der Waals surface area contributed by atoms with Crippen molar-refractivity contribution in [3.8, 4) is 11.5 Å². The molecule has 0 spiro atoms. The highest BCUT2D eigenvalue weighted by Gasteiger charge is 2.30. The van der Waals surface area contributed by atoms with Gasteiger partial charge in [0.15, 0.2) is 5.76 Å². The molecular formula is C19H17FO3. The van der Waals surface area contributed by atoms with Crippen molar-refractivity contribution in [2.45, 2.75) is 27.4 Å². The van der Waals surface area contributed by atoms with Gasteiger partial charge in [0.25, 0.3) is 0 Å². The zero-order valence-corrected chi connectivity index (χ0v) is 13.3. The maximum Gasteiger partial charge on any atom is 0.232 e. The van der Waals surface area contributed by atoms with Gasteiger partial charge < -0.3 is 9.47 Å². The summed E-state index contributed by atoms with van der Waals surface area (Å²) in [4.78, 5) is 12.3. The number of ether oxygens (including phenoxy) is 2. The van der Waals surface area contributed by atoms with Gasteiger partial charge >= 0.3 is 0 Å². The lowest BCUT2D eigenvalue weighted by molar-refractivity contribution is 0.101. The van der Waals surface area contributed by atoms with Crippen LogP contribution in [0.2, 0.25) is 0 Å². The Morgan fingerprint density at radius 1 is 1.22 bits per heavy atom. The zero-order valence-electron chi connectivity index (χ0n) is 13.3. The molecule has 1 aliphatic rings. The smallest absolute Gasteiger partial charge is 0.232 e. The molecule has 0 unspecified atom stereocenters. The molecule has 3 nitrogen and oxygen atoms in total. The van der Waals surface area contributed by atoms with Crippen LogP contribution in [0.3, 0.4) is 0 Å². The van der Waals surface area contributed by atoms with E-state index in [9.17, 15) is 9.18 Å². The quantitative estimate of drug-likeness (QED) is 0.778. The van der Waals surface area contributed by atoms with E-state index in [0.717, 1.165) is 16.7 Å². The minimum atomic E-state index is -0.293. The van der Waals surface area contributed by atoms with Crippen LogP contribution in [-0.2, 0) is 6.61 Å². The van der Waals surface area contributed by atoms with Crippen molar-refractivity contribution in [1.82, 2.24) is 0 Å². The highest BCUT2D eigenvalue weighted by atomic mass is 19.1. The van der Waals surface area contributed by atoms with E-state index in [-0.39, 0.29) is 18.2 Å².